The second-order valence-electron chi connectivity index (χ2n) is 9.30. The number of anilines is 2. The van der Waals surface area contributed by atoms with Crippen LogP contribution < -0.4 is 10.2 Å². The molecule has 4 rings (SSSR count). The molecule has 1 aromatic carbocycles. The van der Waals surface area contributed by atoms with Gasteiger partial charge in [0, 0.05) is 16.7 Å². The molecule has 11 heteroatoms. The lowest BCUT2D eigenvalue weighted by Crippen LogP contribution is -2.45. The number of hydrogen-bond donors (Lipinski definition) is 1. The first-order valence-electron chi connectivity index (χ1n) is 11.2. The molecule has 0 saturated carbocycles. The predicted octanol–water partition coefficient (Wildman–Crippen LogP) is 5.63. The van der Waals surface area contributed by atoms with Crippen LogP contribution in [0.4, 0.5) is 21.0 Å². The summed E-state index contributed by atoms with van der Waals surface area (Å²) in [5, 5.41) is 7.79. The number of nitrogens with one attached hydrogen (secondary N) is 1. The molecule has 3 atom stereocenters. The minimum atomic E-state index is -0.750. The Bertz CT molecular complexity index is 1200. The van der Waals surface area contributed by atoms with Crippen molar-refractivity contribution in [3.63, 3.8) is 0 Å². The van der Waals surface area contributed by atoms with Gasteiger partial charge in [-0.05, 0) is 46.8 Å². The number of hydrogen-bond acceptors (Lipinski definition) is 8. The van der Waals surface area contributed by atoms with Crippen molar-refractivity contribution in [1.82, 2.24) is 15.1 Å². The molecule has 35 heavy (non-hydrogen) atoms. The molecular weight excluding hydrogens is 477 g/mol. The molecule has 3 aromatic rings. The van der Waals surface area contributed by atoms with Crippen LogP contribution in [0.2, 0.25) is 5.02 Å². The number of cyclic esters (lactones) is 1. The van der Waals surface area contributed by atoms with Gasteiger partial charge in [0.25, 0.3) is 0 Å². The summed E-state index contributed by atoms with van der Waals surface area (Å²) in [6.45, 7) is 9.41. The quantitative estimate of drug-likeness (QED) is 0.442. The van der Waals surface area contributed by atoms with Crippen LogP contribution in [0.25, 0.3) is 11.3 Å². The first-order chi connectivity index (χ1) is 16.5. The zero-order valence-corrected chi connectivity index (χ0v) is 20.8. The lowest BCUT2D eigenvalue weighted by Gasteiger charge is -2.31. The number of ether oxygens (including phenoxy) is 2. The molecule has 0 unspecified atom stereocenters. The van der Waals surface area contributed by atoms with Crippen molar-refractivity contribution in [1.29, 1.82) is 0 Å². The van der Waals surface area contributed by atoms with Gasteiger partial charge < -0.3 is 19.3 Å². The number of halogens is 2. The SMILES string of the molecule is C[C@H](Nc1ncc(F)c(N2C(=O)OC[C@@H]2[C@@H](C)OC(C)(C)C)n1)c1cc(-c2ccc(Cl)cc2)no1. The predicted molar refractivity (Wildman–Crippen MR) is 129 cm³/mol. The van der Waals surface area contributed by atoms with Gasteiger partial charge in [-0.25, -0.2) is 19.1 Å². The molecule has 1 saturated heterocycles. The lowest BCUT2D eigenvalue weighted by molar-refractivity contribution is -0.0618. The van der Waals surface area contributed by atoms with E-state index in [9.17, 15) is 9.18 Å². The standard InChI is InChI=1S/C24H27ClFN5O4/c1-13(20-10-18(30-35-20)15-6-8-16(25)9-7-15)28-22-27-11-17(26)21(29-22)31-19(12-33-23(31)32)14(2)34-24(3,4)5/h6-11,13-14,19H,12H2,1-5H3,(H,27,28,29)/t13-,14+,19+/m0/s1. The third kappa shape index (κ3) is 5.71. The Morgan fingerprint density at radius 2 is 1.97 bits per heavy atom. The average molecular weight is 504 g/mol. The Labute approximate surface area is 207 Å². The number of benzene rings is 1. The average Bonchev–Trinajstić information content (AvgIpc) is 3.42. The summed E-state index contributed by atoms with van der Waals surface area (Å²) in [7, 11) is 0. The minimum absolute atomic E-state index is 0.0597. The molecule has 0 radical (unpaired) electrons. The van der Waals surface area contributed by atoms with Crippen LogP contribution in [-0.4, -0.2) is 45.6 Å². The van der Waals surface area contributed by atoms with E-state index in [0.717, 1.165) is 11.8 Å². The number of nitrogens with zero attached hydrogens (tertiary/aromatic N) is 4. The van der Waals surface area contributed by atoms with Crippen molar-refractivity contribution in [3.05, 3.63) is 53.1 Å². The molecular formula is C24H27ClFN5O4. The Kier molecular flexibility index (Phi) is 6.95. The molecule has 1 N–H and O–H groups in total. The van der Waals surface area contributed by atoms with Crippen molar-refractivity contribution in [2.45, 2.75) is 58.4 Å². The van der Waals surface area contributed by atoms with Crippen molar-refractivity contribution in [2.75, 3.05) is 16.8 Å². The fraction of sp³-hybridized carbons (Fsp3) is 0.417. The second-order valence-corrected chi connectivity index (χ2v) is 9.74. The Morgan fingerprint density at radius 1 is 1.26 bits per heavy atom. The summed E-state index contributed by atoms with van der Waals surface area (Å²) in [6, 6.07) is 8.06. The monoisotopic (exact) mass is 503 g/mol. The third-order valence-electron chi connectivity index (χ3n) is 5.38. The molecule has 0 bridgehead atoms. The van der Waals surface area contributed by atoms with Gasteiger partial charge in [0.15, 0.2) is 17.4 Å². The highest BCUT2D eigenvalue weighted by molar-refractivity contribution is 6.30. The maximum Gasteiger partial charge on any atom is 0.416 e. The third-order valence-corrected chi connectivity index (χ3v) is 5.63. The first-order valence-corrected chi connectivity index (χ1v) is 11.5. The van der Waals surface area contributed by atoms with E-state index in [-0.39, 0.29) is 18.4 Å². The van der Waals surface area contributed by atoms with Gasteiger partial charge in [-0.1, -0.05) is 28.9 Å². The summed E-state index contributed by atoms with van der Waals surface area (Å²) < 4.78 is 31.4. The maximum atomic E-state index is 14.8. The molecule has 3 heterocycles. The van der Waals surface area contributed by atoms with Crippen LogP contribution in [0, 0.1) is 5.82 Å². The van der Waals surface area contributed by atoms with Gasteiger partial charge in [-0.15, -0.1) is 0 Å². The fourth-order valence-electron chi connectivity index (χ4n) is 3.77. The summed E-state index contributed by atoms with van der Waals surface area (Å²) in [4.78, 5) is 22.0. The molecule has 186 valence electrons. The summed E-state index contributed by atoms with van der Waals surface area (Å²) >= 11 is 5.95. The molecule has 2 aromatic heterocycles. The van der Waals surface area contributed by atoms with Crippen LogP contribution in [0.5, 0.6) is 0 Å². The van der Waals surface area contributed by atoms with Crippen LogP contribution >= 0.6 is 11.6 Å². The fourth-order valence-corrected chi connectivity index (χ4v) is 3.90. The van der Waals surface area contributed by atoms with E-state index in [4.69, 9.17) is 25.6 Å². The Balaban J connectivity index is 1.53. The van der Waals surface area contributed by atoms with Gasteiger partial charge in [-0.3, -0.25) is 0 Å². The maximum absolute atomic E-state index is 14.8. The molecule has 0 spiro atoms. The number of rotatable bonds is 7. The zero-order chi connectivity index (χ0) is 25.3. The first kappa shape index (κ1) is 24.9. The molecule has 1 aliphatic rings. The lowest BCUT2D eigenvalue weighted by atomic mass is 10.1. The van der Waals surface area contributed by atoms with Gasteiger partial charge in [0.05, 0.1) is 23.9 Å². The van der Waals surface area contributed by atoms with E-state index >= 15 is 0 Å². The topological polar surface area (TPSA) is 103 Å². The van der Waals surface area contributed by atoms with Crippen LogP contribution in [-0.2, 0) is 9.47 Å². The van der Waals surface area contributed by atoms with Gasteiger partial charge in [0.1, 0.15) is 18.3 Å². The van der Waals surface area contributed by atoms with Gasteiger partial charge in [-0.2, -0.15) is 4.98 Å². The van der Waals surface area contributed by atoms with Crippen molar-refractivity contribution in [2.24, 2.45) is 0 Å². The molecule has 1 aliphatic heterocycles. The highest BCUT2D eigenvalue weighted by Crippen LogP contribution is 2.30. The van der Waals surface area contributed by atoms with Crippen LogP contribution in [0.15, 0.2) is 41.1 Å². The molecule has 1 fully saturated rings. The molecule has 1 amide bonds. The second kappa shape index (κ2) is 9.79. The summed E-state index contributed by atoms with van der Waals surface area (Å²) in [5.74, 6) is -0.304. The zero-order valence-electron chi connectivity index (χ0n) is 20.1. The van der Waals surface area contributed by atoms with Crippen molar-refractivity contribution in [3.8, 4) is 11.3 Å². The Morgan fingerprint density at radius 3 is 2.66 bits per heavy atom. The van der Waals surface area contributed by atoms with Crippen LogP contribution in [0.3, 0.4) is 0 Å². The largest absolute Gasteiger partial charge is 0.447 e. The number of carbonyl (C=O) groups is 1. The normalized spacial score (nSPS) is 17.9. The van der Waals surface area contributed by atoms with E-state index in [1.807, 2.05) is 46.8 Å². The van der Waals surface area contributed by atoms with E-state index in [0.29, 0.717) is 16.5 Å². The Hall–Kier alpha value is -3.24. The number of amides is 1. The van der Waals surface area contributed by atoms with E-state index in [1.54, 1.807) is 18.2 Å². The van der Waals surface area contributed by atoms with Crippen molar-refractivity contribution < 1.29 is 23.2 Å². The smallest absolute Gasteiger partial charge is 0.416 e. The highest BCUT2D eigenvalue weighted by atomic mass is 35.5. The van der Waals surface area contributed by atoms with Gasteiger partial charge in [0.2, 0.25) is 5.95 Å². The van der Waals surface area contributed by atoms with E-state index < -0.39 is 35.7 Å². The molecule has 9 nitrogen and oxygen atoms in total. The summed E-state index contributed by atoms with van der Waals surface area (Å²) in [5.41, 5.74) is 1.04. The van der Waals surface area contributed by atoms with Crippen LogP contribution in [0.1, 0.15) is 46.4 Å². The van der Waals surface area contributed by atoms with Crippen molar-refractivity contribution >= 4 is 29.5 Å². The molecule has 0 aliphatic carbocycles. The summed E-state index contributed by atoms with van der Waals surface area (Å²) in [6.07, 6.45) is -0.111. The van der Waals surface area contributed by atoms with E-state index in [1.165, 1.54) is 4.90 Å². The highest BCUT2D eigenvalue weighted by Gasteiger charge is 2.41. The number of carbonyl (C=O) groups excluding carboxylic acids is 1. The number of aromatic nitrogens is 3. The van der Waals surface area contributed by atoms with E-state index in [2.05, 4.69) is 20.4 Å². The minimum Gasteiger partial charge on any atom is -0.447 e. The van der Waals surface area contributed by atoms with Gasteiger partial charge >= 0.3 is 6.09 Å².